The molecule has 7 nitrogen and oxygen atoms in total. The van der Waals surface area contributed by atoms with Gasteiger partial charge in [0, 0.05) is 60.8 Å². The van der Waals surface area contributed by atoms with E-state index in [1.54, 1.807) is 12.3 Å². The van der Waals surface area contributed by atoms with E-state index in [1.165, 1.54) is 0 Å². The Labute approximate surface area is 329 Å². The van der Waals surface area contributed by atoms with Crippen LogP contribution in [0.3, 0.4) is 0 Å². The first kappa shape index (κ1) is 44.8. The van der Waals surface area contributed by atoms with Crippen molar-refractivity contribution < 1.29 is 4.42 Å². The number of nitrogens with zero attached hydrogens (tertiary/aromatic N) is 4. The minimum Gasteiger partial charge on any atom is -0.456 e. The number of benzene rings is 2. The van der Waals surface area contributed by atoms with Crippen LogP contribution < -0.4 is 11.1 Å². The lowest BCUT2D eigenvalue weighted by atomic mass is 9.94. The number of aromatic nitrogens is 1. The Morgan fingerprint density at radius 1 is 1.00 bits per heavy atom. The predicted molar refractivity (Wildman–Crippen MR) is 236 cm³/mol. The number of likely N-dealkylation sites (N-methyl/N-ethyl adjacent to an activating group) is 1. The Bertz CT molecular complexity index is 2170. The molecule has 6 rings (SSSR count). The lowest BCUT2D eigenvalue weighted by molar-refractivity contribution is 0.511. The standard InChI is InChI=1S/C40H34N6O.4C2H6/c1-3-38-34(13-7-9-27(21-41)8-6-10-30-24-44-18-16-28(30)22-42)40-33-12-5-4-11-32(33)35(20-39(40)47-38)31-14-15-37(45-25-31)36-26-46(2)19-17-29(36)23-43;4*1-2/h3-8,11-17,19-21,24-25,44H,1,9-10,18,26,41H2,2H3;4*1-2H3/b8-6-,13-7-,27-21+;;;;. The van der Waals surface area contributed by atoms with Gasteiger partial charge in [-0.1, -0.05) is 117 Å². The Morgan fingerprint density at radius 3 is 2.36 bits per heavy atom. The van der Waals surface area contributed by atoms with Crippen LogP contribution in [0.4, 0.5) is 0 Å². The average Bonchev–Trinajstić information content (AvgIpc) is 3.63. The lowest BCUT2D eigenvalue weighted by Gasteiger charge is -2.21. The van der Waals surface area contributed by atoms with E-state index in [9.17, 15) is 10.5 Å². The normalized spacial score (nSPS) is 13.4. The Balaban J connectivity index is 0.00000123. The Kier molecular flexibility index (Phi) is 19.6. The number of nitriles is 2. The zero-order valence-electron chi connectivity index (χ0n) is 34.2. The molecule has 55 heavy (non-hydrogen) atoms. The van der Waals surface area contributed by atoms with Crippen LogP contribution in [0, 0.1) is 22.7 Å². The van der Waals surface area contributed by atoms with Crippen molar-refractivity contribution >= 4 is 39.5 Å². The van der Waals surface area contributed by atoms with Crippen molar-refractivity contribution in [2.45, 2.75) is 68.2 Å². The zero-order valence-corrected chi connectivity index (χ0v) is 34.2. The van der Waals surface area contributed by atoms with Gasteiger partial charge < -0.3 is 20.4 Å². The van der Waals surface area contributed by atoms with Gasteiger partial charge in [0.05, 0.1) is 29.0 Å². The van der Waals surface area contributed by atoms with Crippen molar-refractivity contribution in [2.75, 3.05) is 20.1 Å². The van der Waals surface area contributed by atoms with Crippen molar-refractivity contribution in [3.8, 4) is 23.3 Å². The van der Waals surface area contributed by atoms with Gasteiger partial charge in [0.1, 0.15) is 11.3 Å². The highest BCUT2D eigenvalue weighted by atomic mass is 16.3. The fourth-order valence-electron chi connectivity index (χ4n) is 5.99. The summed E-state index contributed by atoms with van der Waals surface area (Å²) in [4.78, 5) is 6.82. The van der Waals surface area contributed by atoms with Crippen LogP contribution >= 0.6 is 0 Å². The third kappa shape index (κ3) is 11.1. The van der Waals surface area contributed by atoms with Crippen LogP contribution in [0.15, 0.2) is 131 Å². The molecule has 0 saturated heterocycles. The third-order valence-corrected chi connectivity index (χ3v) is 8.37. The summed E-state index contributed by atoms with van der Waals surface area (Å²) < 4.78 is 6.37. The van der Waals surface area contributed by atoms with E-state index in [1.807, 2.05) is 128 Å². The number of furan rings is 1. The molecular weight excluding hydrogens is 677 g/mol. The lowest BCUT2D eigenvalue weighted by Crippen LogP contribution is -2.18. The van der Waals surface area contributed by atoms with Gasteiger partial charge in [-0.25, -0.2) is 0 Å². The first-order valence-corrected chi connectivity index (χ1v) is 19.4. The molecular formula is C48H58N6O. The van der Waals surface area contributed by atoms with E-state index in [4.69, 9.17) is 15.1 Å². The molecule has 0 spiro atoms. The van der Waals surface area contributed by atoms with Gasteiger partial charge in [-0.2, -0.15) is 10.5 Å². The van der Waals surface area contributed by atoms with E-state index in [-0.39, 0.29) is 0 Å². The molecule has 286 valence electrons. The largest absolute Gasteiger partial charge is 0.456 e. The molecule has 0 saturated carbocycles. The third-order valence-electron chi connectivity index (χ3n) is 8.37. The van der Waals surface area contributed by atoms with Gasteiger partial charge in [-0.15, -0.1) is 0 Å². The monoisotopic (exact) mass is 734 g/mol. The second-order valence-corrected chi connectivity index (χ2v) is 11.4. The number of hydrogen-bond acceptors (Lipinski definition) is 7. The number of fused-ring (bicyclic) bond motifs is 3. The van der Waals surface area contributed by atoms with Gasteiger partial charge >= 0.3 is 0 Å². The molecule has 2 aromatic carbocycles. The first-order chi connectivity index (χ1) is 27.0. The maximum Gasteiger partial charge on any atom is 0.136 e. The summed E-state index contributed by atoms with van der Waals surface area (Å²) in [6.07, 6.45) is 22.2. The molecule has 2 aliphatic heterocycles. The molecule has 3 N–H and O–H groups in total. The van der Waals surface area contributed by atoms with E-state index >= 15 is 0 Å². The fourth-order valence-corrected chi connectivity index (χ4v) is 5.99. The van der Waals surface area contributed by atoms with Crippen molar-refractivity contribution in [1.29, 1.82) is 10.5 Å². The van der Waals surface area contributed by atoms with E-state index in [0.717, 1.165) is 60.8 Å². The number of allylic oxidation sites excluding steroid dienone is 8. The van der Waals surface area contributed by atoms with Gasteiger partial charge in [0.25, 0.3) is 0 Å². The molecule has 4 heterocycles. The van der Waals surface area contributed by atoms with Crippen LogP contribution in [0.25, 0.3) is 50.6 Å². The molecule has 2 aromatic heterocycles. The van der Waals surface area contributed by atoms with Gasteiger partial charge in [-0.3, -0.25) is 4.98 Å². The minimum atomic E-state index is 0.623. The summed E-state index contributed by atoms with van der Waals surface area (Å²) in [5.41, 5.74) is 14.6. The second kappa shape index (κ2) is 24.1. The summed E-state index contributed by atoms with van der Waals surface area (Å²) in [5, 5.41) is 25.3. The summed E-state index contributed by atoms with van der Waals surface area (Å²) >= 11 is 0. The highest BCUT2D eigenvalue weighted by Crippen LogP contribution is 2.40. The van der Waals surface area contributed by atoms with E-state index < -0.39 is 0 Å². The number of rotatable bonds is 9. The van der Waals surface area contributed by atoms with E-state index in [0.29, 0.717) is 42.8 Å². The van der Waals surface area contributed by atoms with Crippen molar-refractivity contribution in [3.05, 3.63) is 144 Å². The second-order valence-electron chi connectivity index (χ2n) is 11.4. The Morgan fingerprint density at radius 2 is 1.73 bits per heavy atom. The summed E-state index contributed by atoms with van der Waals surface area (Å²) in [6.45, 7) is 21.3. The number of hydrogen-bond donors (Lipinski definition) is 2. The zero-order chi connectivity index (χ0) is 40.8. The molecule has 0 amide bonds. The quantitative estimate of drug-likeness (QED) is 0.164. The van der Waals surface area contributed by atoms with Crippen LogP contribution in [0.5, 0.6) is 0 Å². The number of nitrogens with two attached hydrogens (primary N) is 1. The maximum atomic E-state index is 9.64. The Hall–Kier alpha value is -6.31. The summed E-state index contributed by atoms with van der Waals surface area (Å²) in [7, 11) is 1.98. The summed E-state index contributed by atoms with van der Waals surface area (Å²) in [6, 6.07) is 19.0. The topological polar surface area (TPSA) is 115 Å². The van der Waals surface area contributed by atoms with Crippen molar-refractivity contribution in [3.63, 3.8) is 0 Å². The average molecular weight is 735 g/mol. The molecule has 2 aliphatic rings. The van der Waals surface area contributed by atoms with Crippen LogP contribution in [0.1, 0.15) is 85.2 Å². The molecule has 0 bridgehead atoms. The highest BCUT2D eigenvalue weighted by Gasteiger charge is 2.18. The molecule has 0 aliphatic carbocycles. The van der Waals surface area contributed by atoms with Crippen LogP contribution in [-0.2, 0) is 0 Å². The molecule has 0 radical (unpaired) electrons. The molecule has 4 aromatic rings. The predicted octanol–water partition coefficient (Wildman–Crippen LogP) is 12.3. The summed E-state index contributed by atoms with van der Waals surface area (Å²) in [5.74, 6) is 0.693. The van der Waals surface area contributed by atoms with Gasteiger partial charge in [0.15, 0.2) is 0 Å². The molecule has 0 atom stereocenters. The van der Waals surface area contributed by atoms with Crippen molar-refractivity contribution in [1.82, 2.24) is 15.2 Å². The maximum absolute atomic E-state index is 9.64. The van der Waals surface area contributed by atoms with Gasteiger partial charge in [-0.05, 0) is 76.9 Å². The van der Waals surface area contributed by atoms with Gasteiger partial charge in [0.2, 0.25) is 0 Å². The van der Waals surface area contributed by atoms with Crippen LogP contribution in [-0.4, -0.2) is 30.0 Å². The van der Waals surface area contributed by atoms with Crippen LogP contribution in [0.2, 0.25) is 0 Å². The van der Waals surface area contributed by atoms with E-state index in [2.05, 4.69) is 60.5 Å². The first-order valence-electron chi connectivity index (χ1n) is 19.4. The van der Waals surface area contributed by atoms with Crippen molar-refractivity contribution in [2.24, 2.45) is 5.73 Å². The highest BCUT2D eigenvalue weighted by molar-refractivity contribution is 6.16. The minimum absolute atomic E-state index is 0.623. The number of pyridine rings is 1. The molecule has 0 unspecified atom stereocenters. The fraction of sp³-hybridized carbons (Fsp3) is 0.271. The molecule has 7 heteroatoms. The SMILES string of the molecule is C=Cc1oc2cc(-c3ccc(C4=C(C#N)C=CN(C)C4)nc3)c3ccccc3c2c1/C=C\CC(/C=C\CC1=CNCC=C1C#N)=C/N.CC.CC.CC.CC. The smallest absolute Gasteiger partial charge is 0.136 e. The number of dihydropyridines is 1. The number of nitrogens with one attached hydrogen (secondary N) is 1. The molecule has 0 fully saturated rings.